The molecule has 0 radical (unpaired) electrons. The van der Waals surface area contributed by atoms with Crippen LogP contribution in [-0.2, 0) is 30.4 Å². The number of hydrogen-bond donors (Lipinski definition) is 6. The summed E-state index contributed by atoms with van der Waals surface area (Å²) in [6.45, 7) is 9.96. The van der Waals surface area contributed by atoms with Gasteiger partial charge in [0.2, 0.25) is 17.7 Å². The fraction of sp³-hybridized carbons (Fsp3) is 0.479. The topological polar surface area (TPSA) is 197 Å². The highest BCUT2D eigenvalue weighted by Crippen LogP contribution is 2.28. The SMILES string of the molecule is Cc1ncsc1-c1ccc(CNC[C@H]2C[C@@H](O)CN2C(=O)[C@@H](NC(=O)COCCCCCCCCCOCC(=O)Nc2ccc(C(=O)Nc3ccccc3N)cc2)C(C)(C)C)cc1. The van der Waals surface area contributed by atoms with E-state index in [1.807, 2.05) is 33.2 Å². The van der Waals surface area contributed by atoms with Crippen LogP contribution in [0.4, 0.5) is 17.1 Å². The van der Waals surface area contributed by atoms with E-state index < -0.39 is 17.6 Å². The van der Waals surface area contributed by atoms with Crippen LogP contribution in [0.2, 0.25) is 0 Å². The number of nitrogen functional groups attached to an aromatic ring is 1. The number of thiazole rings is 1. The minimum Gasteiger partial charge on any atom is -0.397 e. The highest BCUT2D eigenvalue weighted by molar-refractivity contribution is 7.13. The van der Waals surface area contributed by atoms with Crippen LogP contribution in [-0.4, -0.2) is 96.3 Å². The Kier molecular flexibility index (Phi) is 19.1. The number of nitrogens with two attached hydrogens (primary N) is 1. The monoisotopic (exact) mass is 883 g/mol. The molecule has 5 rings (SSSR count). The number of β-amino-alcohol motifs (C(OH)–C–C–N with tert-alkyl or cyclic N) is 1. The summed E-state index contributed by atoms with van der Waals surface area (Å²) >= 11 is 1.63. The molecule has 0 spiro atoms. The third-order valence-corrected chi connectivity index (χ3v) is 11.9. The number of benzene rings is 3. The quantitative estimate of drug-likeness (QED) is 0.0317. The van der Waals surface area contributed by atoms with Gasteiger partial charge in [0.05, 0.1) is 33.6 Å². The molecular weight excluding hydrogens is 819 g/mol. The molecule has 63 heavy (non-hydrogen) atoms. The molecule has 1 aromatic heterocycles. The van der Waals surface area contributed by atoms with Crippen LogP contribution in [0.1, 0.15) is 93.8 Å². The van der Waals surface area contributed by atoms with Gasteiger partial charge in [0, 0.05) is 50.1 Å². The second-order valence-electron chi connectivity index (χ2n) is 17.2. The maximum absolute atomic E-state index is 13.9. The van der Waals surface area contributed by atoms with Gasteiger partial charge in [-0.1, -0.05) is 89.3 Å². The number of likely N-dealkylation sites (tertiary alicyclic amines) is 1. The average Bonchev–Trinajstić information content (AvgIpc) is 3.86. The van der Waals surface area contributed by atoms with Crippen LogP contribution in [0, 0.1) is 12.3 Å². The van der Waals surface area contributed by atoms with Crippen molar-refractivity contribution in [2.24, 2.45) is 5.41 Å². The van der Waals surface area contributed by atoms with Gasteiger partial charge in [0.15, 0.2) is 0 Å². The number of aliphatic hydroxyl groups is 1. The predicted octanol–water partition coefficient (Wildman–Crippen LogP) is 6.94. The molecule has 3 aromatic carbocycles. The molecule has 3 atom stereocenters. The Bertz CT molecular complexity index is 2070. The van der Waals surface area contributed by atoms with Gasteiger partial charge in [-0.2, -0.15) is 0 Å². The van der Waals surface area contributed by atoms with E-state index in [1.165, 1.54) is 4.88 Å². The van der Waals surface area contributed by atoms with E-state index in [4.69, 9.17) is 15.2 Å². The van der Waals surface area contributed by atoms with Crippen molar-refractivity contribution in [3.05, 3.63) is 95.1 Å². The molecule has 1 fully saturated rings. The molecule has 340 valence electrons. The van der Waals surface area contributed by atoms with Gasteiger partial charge in [-0.25, -0.2) is 4.98 Å². The summed E-state index contributed by atoms with van der Waals surface area (Å²) in [7, 11) is 0. The first kappa shape index (κ1) is 48.8. The molecule has 1 aliphatic rings. The number of nitrogens with zero attached hydrogens (tertiary/aromatic N) is 2. The summed E-state index contributed by atoms with van der Waals surface area (Å²) in [4.78, 5) is 59.0. The van der Waals surface area contributed by atoms with Crippen molar-refractivity contribution in [2.45, 2.75) is 104 Å². The Morgan fingerprint density at radius 1 is 0.857 bits per heavy atom. The number of amides is 4. The second kappa shape index (κ2) is 24.6. The zero-order chi connectivity index (χ0) is 45.2. The van der Waals surface area contributed by atoms with Crippen LogP contribution >= 0.6 is 11.3 Å². The smallest absolute Gasteiger partial charge is 0.255 e. The molecule has 1 aliphatic heterocycles. The summed E-state index contributed by atoms with van der Waals surface area (Å²) in [6.07, 6.45) is 6.72. The molecule has 15 heteroatoms. The lowest BCUT2D eigenvalue weighted by atomic mass is 9.85. The number of anilines is 3. The molecule has 1 saturated heterocycles. The Morgan fingerprint density at radius 2 is 1.49 bits per heavy atom. The van der Waals surface area contributed by atoms with Gasteiger partial charge in [-0.05, 0) is 79.1 Å². The number of unbranched alkanes of at least 4 members (excludes halogenated alkanes) is 6. The minimum atomic E-state index is -0.765. The van der Waals surface area contributed by atoms with E-state index in [0.717, 1.165) is 61.8 Å². The number of aliphatic hydroxyl groups excluding tert-OH is 1. The third kappa shape index (κ3) is 15.8. The Morgan fingerprint density at radius 3 is 2.11 bits per heavy atom. The highest BCUT2D eigenvalue weighted by atomic mass is 32.1. The summed E-state index contributed by atoms with van der Waals surface area (Å²) in [6, 6.07) is 21.1. The number of aromatic nitrogens is 1. The fourth-order valence-corrected chi connectivity index (χ4v) is 8.25. The van der Waals surface area contributed by atoms with Crippen molar-refractivity contribution < 1.29 is 33.8 Å². The summed E-state index contributed by atoms with van der Waals surface area (Å²) in [5, 5.41) is 22.5. The first-order chi connectivity index (χ1) is 30.3. The van der Waals surface area contributed by atoms with Crippen molar-refractivity contribution in [3.8, 4) is 10.4 Å². The molecule has 0 aliphatic carbocycles. The van der Waals surface area contributed by atoms with Gasteiger partial charge in [0.1, 0.15) is 19.3 Å². The standard InChI is InChI=1S/C48H65N7O7S/c1-33-44(63-32-51-33)35-18-16-34(17-19-35)27-50-28-38-26-39(56)29-55(38)47(60)45(48(2,3)4)54-43(58)31-62-25-13-9-7-5-6-8-12-24-61-30-42(57)52-37-22-20-36(21-23-37)46(59)53-41-15-11-10-14-40(41)49/h10-11,14-23,32,38-39,45,50,56H,5-9,12-13,24-31,49H2,1-4H3,(H,52,57)(H,53,59)(H,54,58)/t38-,39-,45-/m1/s1. The lowest BCUT2D eigenvalue weighted by molar-refractivity contribution is -0.141. The number of ether oxygens (including phenoxy) is 2. The number of hydrogen-bond acceptors (Lipinski definition) is 11. The van der Waals surface area contributed by atoms with Gasteiger partial charge >= 0.3 is 0 Å². The maximum Gasteiger partial charge on any atom is 0.255 e. The summed E-state index contributed by atoms with van der Waals surface area (Å²) in [5.74, 6) is -1.08. The highest BCUT2D eigenvalue weighted by Gasteiger charge is 2.41. The maximum atomic E-state index is 13.9. The summed E-state index contributed by atoms with van der Waals surface area (Å²) in [5.41, 5.74) is 12.5. The van der Waals surface area contributed by atoms with Crippen LogP contribution < -0.4 is 27.0 Å². The Labute approximate surface area is 375 Å². The Hall–Kier alpha value is -5.19. The van der Waals surface area contributed by atoms with E-state index >= 15 is 0 Å². The minimum absolute atomic E-state index is 0.0479. The van der Waals surface area contributed by atoms with Crippen LogP contribution in [0.15, 0.2) is 78.3 Å². The fourth-order valence-electron chi connectivity index (χ4n) is 7.44. The van der Waals surface area contributed by atoms with Crippen molar-refractivity contribution in [1.82, 2.24) is 20.5 Å². The first-order valence-corrected chi connectivity index (χ1v) is 22.9. The molecular formula is C48H65N7O7S. The van der Waals surface area contributed by atoms with E-state index in [2.05, 4.69) is 50.5 Å². The van der Waals surface area contributed by atoms with E-state index in [-0.39, 0.29) is 49.4 Å². The molecule has 2 heterocycles. The van der Waals surface area contributed by atoms with Crippen LogP contribution in [0.25, 0.3) is 10.4 Å². The molecule has 0 saturated carbocycles. The van der Waals surface area contributed by atoms with Crippen molar-refractivity contribution in [1.29, 1.82) is 0 Å². The molecule has 7 N–H and O–H groups in total. The number of rotatable bonds is 24. The van der Waals surface area contributed by atoms with Gasteiger partial charge in [0.25, 0.3) is 5.91 Å². The third-order valence-electron chi connectivity index (χ3n) is 10.9. The van der Waals surface area contributed by atoms with Gasteiger partial charge < -0.3 is 46.5 Å². The van der Waals surface area contributed by atoms with E-state index in [9.17, 15) is 24.3 Å². The molecule has 0 unspecified atom stereocenters. The average molecular weight is 884 g/mol. The normalized spacial score (nSPS) is 15.5. The molecule has 14 nitrogen and oxygen atoms in total. The zero-order valence-corrected chi connectivity index (χ0v) is 37.9. The van der Waals surface area contributed by atoms with E-state index in [0.29, 0.717) is 55.3 Å². The van der Waals surface area contributed by atoms with Crippen LogP contribution in [0.5, 0.6) is 0 Å². The zero-order valence-electron chi connectivity index (χ0n) is 37.1. The number of aryl methyl sites for hydroxylation is 1. The molecule has 4 amide bonds. The molecule has 4 aromatic rings. The predicted molar refractivity (Wildman–Crippen MR) is 249 cm³/mol. The van der Waals surface area contributed by atoms with Crippen molar-refractivity contribution in [2.75, 3.05) is 55.9 Å². The summed E-state index contributed by atoms with van der Waals surface area (Å²) < 4.78 is 11.2. The van der Waals surface area contributed by atoms with Crippen LogP contribution in [0.3, 0.4) is 0 Å². The number of carbonyl (C=O) groups excluding carboxylic acids is 4. The first-order valence-electron chi connectivity index (χ1n) is 22.0. The van der Waals surface area contributed by atoms with Gasteiger partial charge in [-0.15, -0.1) is 11.3 Å². The number of nitrogens with one attached hydrogen (secondary N) is 4. The number of carbonyl (C=O) groups is 4. The number of para-hydroxylation sites is 2. The Balaban J connectivity index is 0.884. The second-order valence-corrected chi connectivity index (χ2v) is 18.1. The van der Waals surface area contributed by atoms with Crippen molar-refractivity contribution >= 4 is 52.0 Å². The van der Waals surface area contributed by atoms with E-state index in [1.54, 1.807) is 64.8 Å². The lowest BCUT2D eigenvalue weighted by Gasteiger charge is -2.35. The molecule has 0 bridgehead atoms. The van der Waals surface area contributed by atoms with Crippen molar-refractivity contribution in [3.63, 3.8) is 0 Å². The largest absolute Gasteiger partial charge is 0.397 e. The van der Waals surface area contributed by atoms with Gasteiger partial charge in [-0.3, -0.25) is 19.2 Å². The lowest BCUT2D eigenvalue weighted by Crippen LogP contribution is -2.57.